The molecule has 0 unspecified atom stereocenters. The van der Waals surface area contributed by atoms with Crippen LogP contribution in [0.3, 0.4) is 0 Å². The molecule has 1 saturated heterocycles. The van der Waals surface area contributed by atoms with Crippen LogP contribution in [0, 0.1) is 6.92 Å². The smallest absolute Gasteiger partial charge is 0.408 e. The summed E-state index contributed by atoms with van der Waals surface area (Å²) in [6.45, 7) is 4.21. The van der Waals surface area contributed by atoms with Gasteiger partial charge in [-0.3, -0.25) is 0 Å². The van der Waals surface area contributed by atoms with Crippen molar-refractivity contribution in [2.45, 2.75) is 44.9 Å². The number of hydrogen-bond donors (Lipinski definition) is 4. The van der Waals surface area contributed by atoms with Crippen LogP contribution in [0.15, 0.2) is 85.2 Å². The van der Waals surface area contributed by atoms with Crippen molar-refractivity contribution in [2.24, 2.45) is 0 Å². The molecule has 1 fully saturated rings. The third-order valence-corrected chi connectivity index (χ3v) is 7.63. The van der Waals surface area contributed by atoms with Gasteiger partial charge in [0.15, 0.2) is 0 Å². The maximum absolute atomic E-state index is 12.2. The molecule has 5 rings (SSSR count). The number of benzene rings is 2. The molecule has 1 atom stereocenters. The van der Waals surface area contributed by atoms with E-state index in [0.29, 0.717) is 11.7 Å². The highest BCUT2D eigenvalue weighted by Gasteiger charge is 2.25. The van der Waals surface area contributed by atoms with Crippen LogP contribution in [0.4, 0.5) is 22.2 Å². The summed E-state index contributed by atoms with van der Waals surface area (Å²) in [5.74, 6) is 1.34. The number of amides is 1. The molecule has 1 aliphatic heterocycles. The molecule has 2 aromatic heterocycles. The molecule has 11 heteroatoms. The highest BCUT2D eigenvalue weighted by Crippen LogP contribution is 2.31. The third-order valence-electron chi connectivity index (χ3n) is 7.63. The summed E-state index contributed by atoms with van der Waals surface area (Å²) >= 11 is 0. The van der Waals surface area contributed by atoms with E-state index < -0.39 is 18.1 Å². The van der Waals surface area contributed by atoms with Crippen LogP contribution >= 0.6 is 0 Å². The number of carbonyl (C=O) groups is 2. The summed E-state index contributed by atoms with van der Waals surface area (Å²) in [6, 6.07) is 24.4. The lowest BCUT2D eigenvalue weighted by atomic mass is 9.93. The predicted molar refractivity (Wildman–Crippen MR) is 169 cm³/mol. The topological polar surface area (TPSA) is 142 Å². The number of aromatic nitrogens is 3. The molecule has 44 heavy (non-hydrogen) atoms. The number of rotatable bonds is 12. The van der Waals surface area contributed by atoms with Gasteiger partial charge in [0.1, 0.15) is 36.4 Å². The molecular weight excluding hydrogens is 558 g/mol. The van der Waals surface area contributed by atoms with Crippen molar-refractivity contribution < 1.29 is 19.4 Å². The number of pyridine rings is 1. The molecule has 0 saturated carbocycles. The number of alkyl carbamates (subject to hydrolysis) is 1. The summed E-state index contributed by atoms with van der Waals surface area (Å²) in [4.78, 5) is 40.1. The lowest BCUT2D eigenvalue weighted by molar-refractivity contribution is -0.139. The number of carboxylic acids is 1. The number of anilines is 3. The van der Waals surface area contributed by atoms with Crippen LogP contribution in [0.1, 0.15) is 41.1 Å². The Morgan fingerprint density at radius 3 is 2.34 bits per heavy atom. The summed E-state index contributed by atoms with van der Waals surface area (Å²) in [5.41, 5.74) is 3.91. The zero-order valence-corrected chi connectivity index (χ0v) is 24.6. The zero-order valence-electron chi connectivity index (χ0n) is 24.6. The molecule has 2 aromatic carbocycles. The predicted octanol–water partition coefficient (Wildman–Crippen LogP) is 4.97. The number of nitrogens with one attached hydrogen (secondary N) is 3. The molecule has 1 amide bonds. The number of ether oxygens (including phenoxy) is 1. The average Bonchev–Trinajstić information content (AvgIpc) is 3.06. The Bertz CT molecular complexity index is 1530. The monoisotopic (exact) mass is 595 g/mol. The standard InChI is InChI=1S/C33H37N7O4/c1-23-30(35-20-28(32(41)42)39-33(43)44-21-25-11-6-3-7-12-25)36-22-37-31(23)40-17-15-26(16-18-40)27-13-8-14-29(38-27)34-19-24-9-4-2-5-10-24/h2-14,22,26,28H,15-21H2,1H3,(H,34,38)(H,39,43)(H,41,42)(H,35,36,37)/t28-/m0/s1. The second-order valence-corrected chi connectivity index (χ2v) is 10.7. The Morgan fingerprint density at radius 1 is 0.932 bits per heavy atom. The molecule has 228 valence electrons. The molecule has 1 aliphatic rings. The quantitative estimate of drug-likeness (QED) is 0.177. The van der Waals surface area contributed by atoms with Gasteiger partial charge in [-0.15, -0.1) is 0 Å². The Hall–Kier alpha value is -5.19. The van der Waals surface area contributed by atoms with Gasteiger partial charge < -0.3 is 30.7 Å². The minimum absolute atomic E-state index is 0.0458. The first-order valence-corrected chi connectivity index (χ1v) is 14.7. The average molecular weight is 596 g/mol. The zero-order chi connectivity index (χ0) is 30.7. The first kappa shape index (κ1) is 30.3. The second-order valence-electron chi connectivity index (χ2n) is 10.7. The van der Waals surface area contributed by atoms with Crippen molar-refractivity contribution in [3.8, 4) is 0 Å². The molecule has 11 nitrogen and oxygen atoms in total. The van der Waals surface area contributed by atoms with Crippen molar-refractivity contribution >= 4 is 29.5 Å². The van der Waals surface area contributed by atoms with E-state index in [1.807, 2.05) is 61.5 Å². The van der Waals surface area contributed by atoms with Crippen molar-refractivity contribution in [3.05, 3.63) is 108 Å². The molecule has 0 spiro atoms. The number of nitrogens with zero attached hydrogens (tertiary/aromatic N) is 4. The highest BCUT2D eigenvalue weighted by molar-refractivity contribution is 5.80. The fourth-order valence-corrected chi connectivity index (χ4v) is 5.20. The Balaban J connectivity index is 1.13. The highest BCUT2D eigenvalue weighted by atomic mass is 16.5. The van der Waals surface area contributed by atoms with E-state index in [1.54, 1.807) is 0 Å². The minimum atomic E-state index is -1.21. The molecule has 4 aromatic rings. The van der Waals surface area contributed by atoms with Crippen molar-refractivity contribution in [2.75, 3.05) is 35.2 Å². The Kier molecular flexibility index (Phi) is 10.2. The normalized spacial score (nSPS) is 14.0. The molecule has 4 N–H and O–H groups in total. The number of carboxylic acid groups (broad SMARTS) is 1. The van der Waals surface area contributed by atoms with Gasteiger partial charge in [-0.05, 0) is 43.0 Å². The summed E-state index contributed by atoms with van der Waals surface area (Å²) in [7, 11) is 0. The maximum atomic E-state index is 12.2. The van der Waals surface area contributed by atoms with Crippen LogP contribution < -0.4 is 20.9 Å². The van der Waals surface area contributed by atoms with Crippen molar-refractivity contribution in [3.63, 3.8) is 0 Å². The van der Waals surface area contributed by atoms with Gasteiger partial charge in [0.05, 0.1) is 0 Å². The Morgan fingerprint density at radius 2 is 1.64 bits per heavy atom. The van der Waals surface area contributed by atoms with Gasteiger partial charge in [0, 0.05) is 43.4 Å². The summed E-state index contributed by atoms with van der Waals surface area (Å²) in [5, 5.41) is 18.6. The van der Waals surface area contributed by atoms with Gasteiger partial charge in [-0.25, -0.2) is 24.5 Å². The number of carbonyl (C=O) groups excluding carboxylic acids is 1. The lowest BCUT2D eigenvalue weighted by Crippen LogP contribution is -2.45. The van der Waals surface area contributed by atoms with Crippen molar-refractivity contribution in [1.82, 2.24) is 20.3 Å². The number of piperidine rings is 1. The summed E-state index contributed by atoms with van der Waals surface area (Å²) < 4.78 is 5.18. The van der Waals surface area contributed by atoms with E-state index in [-0.39, 0.29) is 13.2 Å². The number of aliphatic carboxylic acids is 1. The molecule has 0 bridgehead atoms. The van der Waals surface area contributed by atoms with Gasteiger partial charge in [-0.1, -0.05) is 66.7 Å². The number of hydrogen-bond acceptors (Lipinski definition) is 9. The van der Waals surface area contributed by atoms with Gasteiger partial charge in [-0.2, -0.15) is 0 Å². The van der Waals surface area contributed by atoms with Gasteiger partial charge in [0.2, 0.25) is 0 Å². The molecule has 0 radical (unpaired) electrons. The van der Waals surface area contributed by atoms with E-state index in [2.05, 4.69) is 55.1 Å². The van der Waals surface area contributed by atoms with Crippen LogP contribution in [-0.4, -0.2) is 57.8 Å². The van der Waals surface area contributed by atoms with E-state index in [1.165, 1.54) is 11.9 Å². The van der Waals surface area contributed by atoms with Gasteiger partial charge in [0.25, 0.3) is 0 Å². The third kappa shape index (κ3) is 8.21. The first-order valence-electron chi connectivity index (χ1n) is 14.7. The second kappa shape index (κ2) is 14.8. The van der Waals surface area contributed by atoms with E-state index in [0.717, 1.165) is 60.9 Å². The molecule has 0 aliphatic carbocycles. The van der Waals surface area contributed by atoms with Crippen LogP contribution in [0.2, 0.25) is 0 Å². The van der Waals surface area contributed by atoms with E-state index in [9.17, 15) is 14.7 Å². The SMILES string of the molecule is Cc1c(NC[C@H](NC(=O)OCc2ccccc2)C(=O)O)ncnc1N1CCC(c2cccc(NCc3ccccc3)n2)CC1. The maximum Gasteiger partial charge on any atom is 0.408 e. The largest absolute Gasteiger partial charge is 0.480 e. The lowest BCUT2D eigenvalue weighted by Gasteiger charge is -2.33. The Labute approximate surface area is 256 Å². The first-order chi connectivity index (χ1) is 21.5. The van der Waals surface area contributed by atoms with E-state index >= 15 is 0 Å². The van der Waals surface area contributed by atoms with Gasteiger partial charge >= 0.3 is 12.1 Å². The molecule has 3 heterocycles. The van der Waals surface area contributed by atoms with Crippen LogP contribution in [-0.2, 0) is 22.7 Å². The van der Waals surface area contributed by atoms with E-state index in [4.69, 9.17) is 9.72 Å². The molecular formula is C33H37N7O4. The van der Waals surface area contributed by atoms with Crippen LogP contribution in [0.5, 0.6) is 0 Å². The minimum Gasteiger partial charge on any atom is -0.480 e. The summed E-state index contributed by atoms with van der Waals surface area (Å²) in [6.07, 6.45) is 2.52. The fourth-order valence-electron chi connectivity index (χ4n) is 5.20. The fraction of sp³-hybridized carbons (Fsp3) is 0.303. The van der Waals surface area contributed by atoms with Crippen LogP contribution in [0.25, 0.3) is 0 Å². The van der Waals surface area contributed by atoms with Crippen molar-refractivity contribution in [1.29, 1.82) is 0 Å².